The number of nitrogens with zero attached hydrogens (tertiary/aromatic N) is 2. The maximum absolute atomic E-state index is 13.8. The van der Waals surface area contributed by atoms with Gasteiger partial charge in [-0.3, -0.25) is 14.4 Å². The van der Waals surface area contributed by atoms with Crippen LogP contribution in [-0.2, 0) is 14.4 Å². The van der Waals surface area contributed by atoms with Gasteiger partial charge in [-0.15, -0.1) is 0 Å². The van der Waals surface area contributed by atoms with E-state index < -0.39 is 18.1 Å². The van der Waals surface area contributed by atoms with Gasteiger partial charge in [0.25, 0.3) is 5.91 Å². The van der Waals surface area contributed by atoms with Gasteiger partial charge in [0.15, 0.2) is 6.10 Å². The minimum absolute atomic E-state index is 0.230. The van der Waals surface area contributed by atoms with E-state index in [1.807, 2.05) is 79.7 Å². The fourth-order valence-corrected chi connectivity index (χ4v) is 5.06. The number of carbonyl (C=O) groups is 2. The Balaban J connectivity index is 1.51. The molecular weight excluding hydrogens is 412 g/mol. The first-order chi connectivity index (χ1) is 16.1. The van der Waals surface area contributed by atoms with Gasteiger partial charge < -0.3 is 0 Å². The standard InChI is InChI=1S/C28H22N2O3/c1-18-9-7-14-21(17-18)29-27(31)24-25(23-16-8-11-19-10-5-6-15-22(19)23)30(33-26(24)28(29)32)20-12-3-2-4-13-20/h2-17,24-26H,1H3/t24-,25+,26-/m0/s1. The zero-order chi connectivity index (χ0) is 22.5. The van der Waals surface area contributed by atoms with Crippen molar-refractivity contribution < 1.29 is 14.4 Å². The first-order valence-electron chi connectivity index (χ1n) is 11.1. The van der Waals surface area contributed by atoms with Crippen LogP contribution >= 0.6 is 0 Å². The van der Waals surface area contributed by atoms with E-state index in [-0.39, 0.29) is 11.8 Å². The lowest BCUT2D eigenvalue weighted by atomic mass is 9.87. The number of amides is 2. The highest BCUT2D eigenvalue weighted by atomic mass is 16.7. The molecule has 2 aliphatic rings. The van der Waals surface area contributed by atoms with Crippen molar-refractivity contribution in [2.75, 3.05) is 9.96 Å². The van der Waals surface area contributed by atoms with E-state index in [0.29, 0.717) is 5.69 Å². The summed E-state index contributed by atoms with van der Waals surface area (Å²) in [5.41, 5.74) is 3.36. The number of aryl methyl sites for hydroxylation is 1. The van der Waals surface area contributed by atoms with Gasteiger partial charge in [-0.05, 0) is 53.1 Å². The minimum Gasteiger partial charge on any atom is -0.273 e. The zero-order valence-electron chi connectivity index (χ0n) is 18.1. The Morgan fingerprint density at radius 2 is 1.42 bits per heavy atom. The Labute approximate surface area is 191 Å². The molecule has 2 aliphatic heterocycles. The molecule has 0 unspecified atom stereocenters. The van der Waals surface area contributed by atoms with Crippen molar-refractivity contribution in [1.29, 1.82) is 0 Å². The topological polar surface area (TPSA) is 49.9 Å². The maximum atomic E-state index is 13.8. The predicted molar refractivity (Wildman–Crippen MR) is 128 cm³/mol. The highest BCUT2D eigenvalue weighted by Crippen LogP contribution is 2.48. The number of hydroxylamine groups is 1. The molecule has 0 radical (unpaired) electrons. The number of anilines is 2. The molecule has 2 amide bonds. The molecule has 4 aromatic rings. The fraction of sp³-hybridized carbons (Fsp3) is 0.143. The molecule has 0 N–H and O–H groups in total. The van der Waals surface area contributed by atoms with Crippen LogP contribution in [0.3, 0.4) is 0 Å². The van der Waals surface area contributed by atoms with Gasteiger partial charge in [-0.1, -0.05) is 72.8 Å². The molecule has 3 atom stereocenters. The Hall–Kier alpha value is -3.96. The van der Waals surface area contributed by atoms with Gasteiger partial charge in [-0.25, -0.2) is 9.96 Å². The van der Waals surface area contributed by atoms with E-state index in [9.17, 15) is 9.59 Å². The summed E-state index contributed by atoms with van der Waals surface area (Å²) >= 11 is 0. The lowest BCUT2D eigenvalue weighted by molar-refractivity contribution is -0.126. The molecule has 0 saturated carbocycles. The van der Waals surface area contributed by atoms with E-state index in [1.165, 1.54) is 4.90 Å². The number of imide groups is 1. The molecule has 0 aromatic heterocycles. The summed E-state index contributed by atoms with van der Waals surface area (Å²) in [5.74, 6) is -1.20. The summed E-state index contributed by atoms with van der Waals surface area (Å²) in [4.78, 5) is 34.9. The van der Waals surface area contributed by atoms with Crippen molar-refractivity contribution in [1.82, 2.24) is 0 Å². The number of para-hydroxylation sites is 1. The van der Waals surface area contributed by atoms with Crippen molar-refractivity contribution in [3.8, 4) is 0 Å². The molecule has 5 nitrogen and oxygen atoms in total. The van der Waals surface area contributed by atoms with Gasteiger partial charge in [0.1, 0.15) is 5.92 Å². The third-order valence-electron chi connectivity index (χ3n) is 6.53. The van der Waals surface area contributed by atoms with E-state index in [2.05, 4.69) is 18.2 Å². The van der Waals surface area contributed by atoms with Crippen LogP contribution in [0.25, 0.3) is 10.8 Å². The normalized spacial score (nSPS) is 22.3. The third kappa shape index (κ3) is 3.04. The predicted octanol–water partition coefficient (Wildman–Crippen LogP) is 5.20. The first-order valence-corrected chi connectivity index (χ1v) is 11.1. The lowest BCUT2D eigenvalue weighted by Crippen LogP contribution is -2.37. The Morgan fingerprint density at radius 3 is 2.24 bits per heavy atom. The van der Waals surface area contributed by atoms with Crippen molar-refractivity contribution in [2.45, 2.75) is 19.1 Å². The van der Waals surface area contributed by atoms with Crippen molar-refractivity contribution in [3.05, 3.63) is 108 Å². The highest BCUT2D eigenvalue weighted by molar-refractivity contribution is 6.24. The second-order valence-electron chi connectivity index (χ2n) is 8.58. The number of hydrogen-bond acceptors (Lipinski definition) is 4. The van der Waals surface area contributed by atoms with E-state index >= 15 is 0 Å². The monoisotopic (exact) mass is 434 g/mol. The molecule has 2 heterocycles. The summed E-state index contributed by atoms with van der Waals surface area (Å²) < 4.78 is 0. The molecular formula is C28H22N2O3. The molecule has 4 aromatic carbocycles. The fourth-order valence-electron chi connectivity index (χ4n) is 5.06. The molecule has 0 spiro atoms. The van der Waals surface area contributed by atoms with E-state index in [0.717, 1.165) is 27.6 Å². The molecule has 6 rings (SSSR count). The second-order valence-corrected chi connectivity index (χ2v) is 8.58. The minimum atomic E-state index is -0.873. The number of hydrogen-bond donors (Lipinski definition) is 0. The molecule has 33 heavy (non-hydrogen) atoms. The van der Waals surface area contributed by atoms with Crippen LogP contribution in [0.5, 0.6) is 0 Å². The molecule has 162 valence electrons. The third-order valence-corrected chi connectivity index (χ3v) is 6.53. The summed E-state index contributed by atoms with van der Waals surface area (Å²) in [6, 6.07) is 30.9. The molecule has 5 heteroatoms. The van der Waals surface area contributed by atoms with Crippen LogP contribution in [0.1, 0.15) is 17.2 Å². The first kappa shape index (κ1) is 19.7. The Bertz CT molecular complexity index is 1380. The summed E-state index contributed by atoms with van der Waals surface area (Å²) in [6.45, 7) is 1.95. The summed E-state index contributed by atoms with van der Waals surface area (Å²) in [7, 11) is 0. The van der Waals surface area contributed by atoms with Crippen LogP contribution in [0, 0.1) is 12.8 Å². The maximum Gasteiger partial charge on any atom is 0.266 e. The molecule has 0 aliphatic carbocycles. The van der Waals surface area contributed by atoms with Crippen LogP contribution in [0.2, 0.25) is 0 Å². The van der Waals surface area contributed by atoms with Gasteiger partial charge in [-0.2, -0.15) is 0 Å². The average Bonchev–Trinajstić information content (AvgIpc) is 3.35. The van der Waals surface area contributed by atoms with E-state index in [1.54, 1.807) is 11.1 Å². The van der Waals surface area contributed by atoms with Crippen LogP contribution in [-0.4, -0.2) is 17.9 Å². The van der Waals surface area contributed by atoms with Gasteiger partial charge >= 0.3 is 0 Å². The number of benzene rings is 4. The SMILES string of the molecule is Cc1cccc(N2C(=O)[C@@H]3[C@H](ON(c4ccccc4)[C@@H]3c3cccc4ccccc34)C2=O)c1. The van der Waals surface area contributed by atoms with Gasteiger partial charge in [0.05, 0.1) is 17.4 Å². The van der Waals surface area contributed by atoms with Crippen molar-refractivity contribution >= 4 is 34.0 Å². The van der Waals surface area contributed by atoms with Crippen LogP contribution in [0.15, 0.2) is 97.1 Å². The van der Waals surface area contributed by atoms with Gasteiger partial charge in [0.2, 0.25) is 5.91 Å². The highest BCUT2D eigenvalue weighted by Gasteiger charge is 2.60. The Kier molecular flexibility index (Phi) is 4.52. The lowest BCUT2D eigenvalue weighted by Gasteiger charge is -2.29. The number of rotatable bonds is 3. The second kappa shape index (κ2) is 7.57. The summed E-state index contributed by atoms with van der Waals surface area (Å²) in [6.07, 6.45) is -0.873. The number of fused-ring (bicyclic) bond motifs is 2. The molecule has 0 bridgehead atoms. The van der Waals surface area contributed by atoms with Crippen molar-refractivity contribution in [3.63, 3.8) is 0 Å². The molecule has 2 saturated heterocycles. The van der Waals surface area contributed by atoms with Crippen molar-refractivity contribution in [2.24, 2.45) is 5.92 Å². The zero-order valence-corrected chi connectivity index (χ0v) is 18.1. The largest absolute Gasteiger partial charge is 0.273 e. The molecule has 2 fully saturated rings. The van der Waals surface area contributed by atoms with Crippen LogP contribution < -0.4 is 9.96 Å². The number of carbonyl (C=O) groups excluding carboxylic acids is 2. The van der Waals surface area contributed by atoms with E-state index in [4.69, 9.17) is 4.84 Å². The van der Waals surface area contributed by atoms with Crippen LogP contribution in [0.4, 0.5) is 11.4 Å². The Morgan fingerprint density at radius 1 is 0.727 bits per heavy atom. The van der Waals surface area contributed by atoms with Gasteiger partial charge in [0, 0.05) is 0 Å². The quantitative estimate of drug-likeness (QED) is 0.416. The summed E-state index contributed by atoms with van der Waals surface area (Å²) in [5, 5.41) is 3.88. The average molecular weight is 434 g/mol. The smallest absolute Gasteiger partial charge is 0.266 e.